The number of hydrogen-bond acceptors (Lipinski definition) is 6. The van der Waals surface area contributed by atoms with E-state index in [1.54, 1.807) is 29.6 Å². The number of anilines is 2. The van der Waals surface area contributed by atoms with Gasteiger partial charge in [0.2, 0.25) is 15.9 Å². The Labute approximate surface area is 334 Å². The number of ether oxygens (including phenoxy) is 1. The first-order valence-electron chi connectivity index (χ1n) is 19.3. The molecule has 0 radical (unpaired) electrons. The molecular weight excluding hydrogens is 742 g/mol. The quantitative estimate of drug-likeness (QED) is 0.139. The highest BCUT2D eigenvalue weighted by atomic mass is 35.5. The summed E-state index contributed by atoms with van der Waals surface area (Å²) >= 11 is 6.14. The Morgan fingerprint density at radius 3 is 2.48 bits per heavy atom. The Morgan fingerprint density at radius 2 is 1.71 bits per heavy atom. The van der Waals surface area contributed by atoms with Gasteiger partial charge >= 0.3 is 0 Å². The van der Waals surface area contributed by atoms with Crippen LogP contribution in [0.15, 0.2) is 115 Å². The van der Waals surface area contributed by atoms with Gasteiger partial charge in [-0.1, -0.05) is 84.8 Å². The number of nitrogens with one attached hydrogen (secondary N) is 2. The van der Waals surface area contributed by atoms with Crippen molar-refractivity contribution in [2.24, 2.45) is 11.8 Å². The van der Waals surface area contributed by atoms with Crippen LogP contribution in [0.25, 0.3) is 22.0 Å². The fourth-order valence-corrected chi connectivity index (χ4v) is 10.5. The number of H-pyrrole nitrogens is 1. The maximum Gasteiger partial charge on any atom is 0.224 e. The second kappa shape index (κ2) is 15.9. The molecular formula is C45H48ClN5O4S. The number of allylic oxidation sites excluding steroid dienone is 4. The van der Waals surface area contributed by atoms with E-state index in [0.717, 1.165) is 70.5 Å². The molecule has 0 bridgehead atoms. The number of aromatic amines is 1. The van der Waals surface area contributed by atoms with Gasteiger partial charge in [0.15, 0.2) is 0 Å². The Morgan fingerprint density at radius 1 is 0.946 bits per heavy atom. The summed E-state index contributed by atoms with van der Waals surface area (Å²) in [5.41, 5.74) is 8.90. The van der Waals surface area contributed by atoms with Crippen molar-refractivity contribution in [2.45, 2.75) is 32.4 Å². The number of fused-ring (bicyclic) bond motifs is 2. The molecule has 4 aromatic carbocycles. The topological polar surface area (TPSA) is 98.0 Å². The first-order chi connectivity index (χ1) is 27.1. The van der Waals surface area contributed by atoms with Crippen molar-refractivity contribution in [3.8, 4) is 16.9 Å². The van der Waals surface area contributed by atoms with Crippen LogP contribution in [0.5, 0.6) is 5.75 Å². The lowest BCUT2D eigenvalue weighted by Crippen LogP contribution is -2.44. The van der Waals surface area contributed by atoms with Crippen molar-refractivity contribution >= 4 is 49.8 Å². The lowest BCUT2D eigenvalue weighted by Gasteiger charge is -2.34. The Hall–Kier alpha value is -4.87. The van der Waals surface area contributed by atoms with Crippen LogP contribution in [-0.4, -0.2) is 74.6 Å². The number of sulfonamides is 1. The molecule has 9 nitrogen and oxygen atoms in total. The molecule has 0 saturated carbocycles. The average molecular weight is 790 g/mol. The van der Waals surface area contributed by atoms with Crippen LogP contribution in [0, 0.1) is 11.8 Å². The number of amides is 1. The second-order valence-corrected chi connectivity index (χ2v) is 17.7. The molecule has 56 heavy (non-hydrogen) atoms. The molecule has 3 aliphatic rings. The fraction of sp³-hybridized carbons (Fsp3) is 0.311. The van der Waals surface area contributed by atoms with Crippen LogP contribution in [0.1, 0.15) is 42.5 Å². The van der Waals surface area contributed by atoms with Crippen molar-refractivity contribution in [2.75, 3.05) is 56.3 Å². The van der Waals surface area contributed by atoms with Crippen molar-refractivity contribution in [3.63, 3.8) is 0 Å². The van der Waals surface area contributed by atoms with Gasteiger partial charge in [-0.25, -0.2) is 8.42 Å². The van der Waals surface area contributed by atoms with Crippen LogP contribution in [0.3, 0.4) is 0 Å². The number of aromatic nitrogens is 1. The number of hydrogen-bond donors (Lipinski definition) is 2. The first kappa shape index (κ1) is 38.0. The summed E-state index contributed by atoms with van der Waals surface area (Å²) < 4.78 is 36.4. The van der Waals surface area contributed by atoms with Gasteiger partial charge in [-0.3, -0.25) is 4.79 Å². The van der Waals surface area contributed by atoms with Gasteiger partial charge in [-0.15, -0.1) is 0 Å². The third-order valence-corrected chi connectivity index (χ3v) is 13.7. The molecule has 1 aliphatic carbocycles. The largest absolute Gasteiger partial charge is 0.495 e. The lowest BCUT2D eigenvalue weighted by molar-refractivity contribution is -0.116. The fourth-order valence-electron chi connectivity index (χ4n) is 8.32. The average Bonchev–Trinajstić information content (AvgIpc) is 3.80. The molecule has 5 aromatic rings. The number of benzene rings is 4. The Balaban J connectivity index is 1.000. The van der Waals surface area contributed by atoms with Crippen molar-refractivity contribution in [3.05, 3.63) is 137 Å². The van der Waals surface area contributed by atoms with E-state index in [9.17, 15) is 13.2 Å². The number of rotatable bonds is 11. The molecule has 8 rings (SSSR count). The van der Waals surface area contributed by atoms with E-state index in [1.807, 2.05) is 36.5 Å². The van der Waals surface area contributed by atoms with Crippen molar-refractivity contribution in [1.82, 2.24) is 14.2 Å². The maximum absolute atomic E-state index is 14.6. The lowest BCUT2D eigenvalue weighted by atomic mass is 9.87. The van der Waals surface area contributed by atoms with E-state index in [-0.39, 0.29) is 29.9 Å². The van der Waals surface area contributed by atoms with E-state index in [4.69, 9.17) is 16.3 Å². The molecule has 3 heterocycles. The number of nitrogens with zero attached hydrogens (tertiary/aromatic N) is 3. The first-order valence-corrected chi connectivity index (χ1v) is 21.3. The van der Waals surface area contributed by atoms with Gasteiger partial charge in [-0.05, 0) is 90.0 Å². The van der Waals surface area contributed by atoms with Crippen LogP contribution in [0.2, 0.25) is 5.02 Å². The summed E-state index contributed by atoms with van der Waals surface area (Å²) in [6, 6.07) is 27.9. The summed E-state index contributed by atoms with van der Waals surface area (Å²) in [7, 11) is -0.0352. The van der Waals surface area contributed by atoms with Gasteiger partial charge in [0.1, 0.15) is 5.75 Å². The summed E-state index contributed by atoms with van der Waals surface area (Å²) in [5, 5.41) is 4.42. The highest BCUT2D eigenvalue weighted by Gasteiger charge is 2.41. The van der Waals surface area contributed by atoms with E-state index < -0.39 is 16.1 Å². The van der Waals surface area contributed by atoms with Gasteiger partial charge < -0.3 is 24.8 Å². The van der Waals surface area contributed by atoms with Crippen molar-refractivity contribution < 1.29 is 17.9 Å². The summed E-state index contributed by atoms with van der Waals surface area (Å²) in [4.78, 5) is 21.0. The van der Waals surface area contributed by atoms with Gasteiger partial charge in [0, 0.05) is 72.5 Å². The van der Waals surface area contributed by atoms with E-state index >= 15 is 0 Å². The van der Waals surface area contributed by atoms with Crippen LogP contribution in [0.4, 0.5) is 11.4 Å². The summed E-state index contributed by atoms with van der Waals surface area (Å²) in [6.07, 6.45) is 8.85. The maximum atomic E-state index is 14.6. The van der Waals surface area contributed by atoms with E-state index in [2.05, 4.69) is 88.7 Å². The predicted octanol–water partition coefficient (Wildman–Crippen LogP) is 8.65. The molecule has 290 valence electrons. The predicted molar refractivity (Wildman–Crippen MR) is 227 cm³/mol. The highest BCUT2D eigenvalue weighted by Crippen LogP contribution is 2.45. The summed E-state index contributed by atoms with van der Waals surface area (Å²) in [6.45, 7) is 6.49. The third kappa shape index (κ3) is 7.89. The standard InChI is InChI=1S/C45H48ClN5O4S/c1-30-24-31(9-19-44(52)48-42-26-36(46)15-18-43(42)55-3)8-10-35(30)29-56(53,54)51-28-34-12-11-33(32-13-16-37(17-14-32)50-22-20-49(2)21-23-50)25-39(34)45(51)40-27-47-41-7-5-4-6-38(40)41/h4-8,10-18,24-27,30,35,45,47H,9,19-23,28-29H2,1-3H3,(H,48,52)/t30?,35?,45-/m1/s1. The highest BCUT2D eigenvalue weighted by molar-refractivity contribution is 7.89. The molecule has 2 aliphatic heterocycles. The molecule has 1 amide bonds. The molecule has 1 aromatic heterocycles. The van der Waals surface area contributed by atoms with Gasteiger partial charge in [0.25, 0.3) is 0 Å². The zero-order valence-electron chi connectivity index (χ0n) is 32.0. The Bertz CT molecular complexity index is 2420. The zero-order valence-corrected chi connectivity index (χ0v) is 33.6. The molecule has 11 heteroatoms. The van der Waals surface area contributed by atoms with E-state index in [1.165, 1.54) is 5.69 Å². The Kier molecular flexibility index (Phi) is 10.8. The third-order valence-electron chi connectivity index (χ3n) is 11.6. The monoisotopic (exact) mass is 789 g/mol. The second-order valence-electron chi connectivity index (χ2n) is 15.3. The van der Waals surface area contributed by atoms with Crippen LogP contribution >= 0.6 is 11.6 Å². The van der Waals surface area contributed by atoms with Crippen LogP contribution in [-0.2, 0) is 21.4 Å². The van der Waals surface area contributed by atoms with Gasteiger partial charge in [-0.2, -0.15) is 4.31 Å². The minimum absolute atomic E-state index is 0.0169. The summed E-state index contributed by atoms with van der Waals surface area (Å²) in [5.74, 6) is 0.127. The molecule has 2 N–H and O–H groups in total. The molecule has 2 unspecified atom stereocenters. The molecule has 0 spiro atoms. The number of methoxy groups -OCH3 is 1. The minimum atomic E-state index is -3.75. The zero-order chi connectivity index (χ0) is 39.0. The minimum Gasteiger partial charge on any atom is -0.495 e. The number of piperazine rings is 1. The number of likely N-dealkylation sites (N-methyl/N-ethyl adjacent to an activating group) is 1. The van der Waals surface area contributed by atoms with Crippen LogP contribution < -0.4 is 15.0 Å². The number of carbonyl (C=O) groups is 1. The SMILES string of the molecule is COc1ccc(Cl)cc1NC(=O)CCC1=CC(C)C(CS(=O)(=O)N2Cc3ccc(-c4ccc(N5CCN(C)CC5)cc4)cc3[C@@H]2c2c[nH]c3ccccc23)C=C1. The molecule has 1 fully saturated rings. The molecule has 3 atom stereocenters. The normalized spacial score (nSPS) is 20.2. The number of para-hydroxylation sites is 1. The van der Waals surface area contributed by atoms with Gasteiger partial charge in [0.05, 0.1) is 24.6 Å². The number of halogens is 1. The van der Waals surface area contributed by atoms with Crippen molar-refractivity contribution in [1.29, 1.82) is 0 Å². The smallest absolute Gasteiger partial charge is 0.224 e. The molecule has 1 saturated heterocycles. The van der Waals surface area contributed by atoms with E-state index in [0.29, 0.717) is 29.4 Å². The number of carbonyl (C=O) groups excluding carboxylic acids is 1.